The van der Waals surface area contributed by atoms with E-state index in [-0.39, 0.29) is 18.3 Å². The average Bonchev–Trinajstić information content (AvgIpc) is 2.52. The van der Waals surface area contributed by atoms with Gasteiger partial charge in [0.05, 0.1) is 5.69 Å². The fourth-order valence-electron chi connectivity index (χ4n) is 2.03. The molecule has 0 fully saturated rings. The Morgan fingerprint density at radius 2 is 1.78 bits per heavy atom. The van der Waals surface area contributed by atoms with E-state index >= 15 is 0 Å². The third-order valence-corrected chi connectivity index (χ3v) is 3.24. The molecule has 0 aromatic heterocycles. The van der Waals surface area contributed by atoms with Crippen LogP contribution in [0.3, 0.4) is 0 Å². The van der Waals surface area contributed by atoms with E-state index in [0.717, 1.165) is 18.7 Å². The highest BCUT2D eigenvalue weighted by atomic mass is 35.5. The lowest BCUT2D eigenvalue weighted by molar-refractivity contribution is -0.116. The van der Waals surface area contributed by atoms with Gasteiger partial charge in [0.15, 0.2) is 5.75 Å². The van der Waals surface area contributed by atoms with Crippen molar-refractivity contribution in [2.24, 2.45) is 0 Å². The summed E-state index contributed by atoms with van der Waals surface area (Å²) in [6.07, 6.45) is 1.29. The smallest absolute Gasteiger partial charge is 0.224 e. The van der Waals surface area contributed by atoms with Crippen molar-refractivity contribution >= 4 is 24.0 Å². The lowest BCUT2D eigenvalue weighted by atomic mass is 10.2. The molecule has 0 heterocycles. The molecule has 1 amide bonds. The first kappa shape index (κ1) is 19.0. The summed E-state index contributed by atoms with van der Waals surface area (Å²) in [6.45, 7) is 2.86. The van der Waals surface area contributed by atoms with Crippen LogP contribution in [0.2, 0.25) is 0 Å². The molecule has 0 atom stereocenters. The number of anilines is 1. The Bertz CT molecular complexity index is 615. The Morgan fingerprint density at radius 3 is 2.48 bits per heavy atom. The summed E-state index contributed by atoms with van der Waals surface area (Å²) >= 11 is 0. The number of amides is 1. The van der Waals surface area contributed by atoms with Gasteiger partial charge in [-0.1, -0.05) is 29.8 Å². The number of rotatable bonds is 7. The number of benzene rings is 2. The molecule has 0 saturated carbocycles. The van der Waals surface area contributed by atoms with Crippen LogP contribution < -0.4 is 15.4 Å². The van der Waals surface area contributed by atoms with E-state index in [9.17, 15) is 4.79 Å². The molecule has 0 bridgehead atoms. The largest absolute Gasteiger partial charge is 0.455 e. The first-order valence-electron chi connectivity index (χ1n) is 7.47. The Labute approximate surface area is 143 Å². The molecule has 0 spiro atoms. The first-order chi connectivity index (χ1) is 10.7. The van der Waals surface area contributed by atoms with Crippen molar-refractivity contribution in [2.45, 2.75) is 19.8 Å². The SMILES string of the molecule is CNCCCC(=O)Nc1ccccc1Oc1ccc(C)cc1.Cl. The molecule has 5 heteroatoms. The van der Waals surface area contributed by atoms with E-state index in [0.29, 0.717) is 17.9 Å². The van der Waals surface area contributed by atoms with E-state index in [1.807, 2.05) is 62.5 Å². The van der Waals surface area contributed by atoms with Crippen molar-refractivity contribution in [3.8, 4) is 11.5 Å². The zero-order valence-electron chi connectivity index (χ0n) is 13.5. The highest BCUT2D eigenvalue weighted by molar-refractivity contribution is 5.92. The van der Waals surface area contributed by atoms with Crippen molar-refractivity contribution in [2.75, 3.05) is 18.9 Å². The number of para-hydroxylation sites is 2. The van der Waals surface area contributed by atoms with Gasteiger partial charge in [0.2, 0.25) is 5.91 Å². The number of hydrogen-bond acceptors (Lipinski definition) is 3. The van der Waals surface area contributed by atoms with Crippen LogP contribution in [0.15, 0.2) is 48.5 Å². The topological polar surface area (TPSA) is 50.4 Å². The second-order valence-corrected chi connectivity index (χ2v) is 5.17. The molecule has 4 nitrogen and oxygen atoms in total. The minimum Gasteiger partial charge on any atom is -0.455 e. The van der Waals surface area contributed by atoms with Gasteiger partial charge in [-0.3, -0.25) is 4.79 Å². The predicted molar refractivity (Wildman–Crippen MR) is 96.7 cm³/mol. The molecule has 2 aromatic rings. The van der Waals surface area contributed by atoms with E-state index in [4.69, 9.17) is 4.74 Å². The van der Waals surface area contributed by atoms with Crippen LogP contribution in [0.5, 0.6) is 11.5 Å². The van der Waals surface area contributed by atoms with Crippen molar-refractivity contribution in [1.29, 1.82) is 0 Å². The van der Waals surface area contributed by atoms with Gasteiger partial charge < -0.3 is 15.4 Å². The first-order valence-corrected chi connectivity index (χ1v) is 7.47. The molecule has 0 unspecified atom stereocenters. The van der Waals surface area contributed by atoms with Crippen LogP contribution in [0, 0.1) is 6.92 Å². The fourth-order valence-corrected chi connectivity index (χ4v) is 2.03. The maximum absolute atomic E-state index is 11.9. The number of halogens is 1. The van der Waals surface area contributed by atoms with Crippen LogP contribution in [0.4, 0.5) is 5.69 Å². The highest BCUT2D eigenvalue weighted by Crippen LogP contribution is 2.29. The Hall–Kier alpha value is -2.04. The minimum absolute atomic E-state index is 0. The van der Waals surface area contributed by atoms with E-state index in [1.165, 1.54) is 5.56 Å². The normalized spacial score (nSPS) is 9.83. The monoisotopic (exact) mass is 334 g/mol. The minimum atomic E-state index is -0.00444. The summed E-state index contributed by atoms with van der Waals surface area (Å²) in [5.41, 5.74) is 1.87. The van der Waals surface area contributed by atoms with Gasteiger partial charge in [0.25, 0.3) is 0 Å². The summed E-state index contributed by atoms with van der Waals surface area (Å²) in [5, 5.41) is 5.94. The predicted octanol–water partition coefficient (Wildman–Crippen LogP) is 4.15. The number of nitrogens with one attached hydrogen (secondary N) is 2. The molecule has 124 valence electrons. The van der Waals surface area contributed by atoms with Crippen LogP contribution in [-0.4, -0.2) is 19.5 Å². The maximum atomic E-state index is 11.9. The molecule has 0 saturated heterocycles. The molecule has 0 radical (unpaired) electrons. The molecule has 0 aliphatic rings. The maximum Gasteiger partial charge on any atom is 0.224 e. The molecule has 0 aliphatic carbocycles. The lowest BCUT2D eigenvalue weighted by Gasteiger charge is -2.12. The quantitative estimate of drug-likeness (QED) is 0.748. The van der Waals surface area contributed by atoms with Crippen molar-refractivity contribution < 1.29 is 9.53 Å². The molecule has 23 heavy (non-hydrogen) atoms. The standard InChI is InChI=1S/C18H22N2O2.ClH/c1-14-9-11-15(12-10-14)22-17-7-4-3-6-16(17)20-18(21)8-5-13-19-2;/h3-4,6-7,9-12,19H,5,8,13H2,1-2H3,(H,20,21);1H. The highest BCUT2D eigenvalue weighted by Gasteiger charge is 2.08. The van der Waals surface area contributed by atoms with Crippen LogP contribution in [0.1, 0.15) is 18.4 Å². The Morgan fingerprint density at radius 1 is 1.09 bits per heavy atom. The Balaban J connectivity index is 0.00000264. The van der Waals surface area contributed by atoms with E-state index in [2.05, 4.69) is 10.6 Å². The van der Waals surface area contributed by atoms with Crippen LogP contribution >= 0.6 is 12.4 Å². The molecular weight excluding hydrogens is 312 g/mol. The second-order valence-electron chi connectivity index (χ2n) is 5.17. The number of carbonyl (C=O) groups excluding carboxylic acids is 1. The summed E-state index contributed by atoms with van der Waals surface area (Å²) < 4.78 is 5.86. The molecule has 2 rings (SSSR count). The van der Waals surface area contributed by atoms with Gasteiger partial charge in [-0.05, 0) is 51.2 Å². The van der Waals surface area contributed by atoms with Crippen LogP contribution in [-0.2, 0) is 4.79 Å². The number of ether oxygens (including phenoxy) is 1. The fraction of sp³-hybridized carbons (Fsp3) is 0.278. The van der Waals surface area contributed by atoms with Crippen molar-refractivity contribution in [1.82, 2.24) is 5.32 Å². The van der Waals surface area contributed by atoms with Gasteiger partial charge in [0, 0.05) is 6.42 Å². The number of aryl methyl sites for hydroxylation is 1. The van der Waals surface area contributed by atoms with Gasteiger partial charge in [-0.2, -0.15) is 0 Å². The summed E-state index contributed by atoms with van der Waals surface area (Å²) in [5.74, 6) is 1.39. The van der Waals surface area contributed by atoms with Crippen LogP contribution in [0.25, 0.3) is 0 Å². The zero-order valence-corrected chi connectivity index (χ0v) is 14.3. The number of carbonyl (C=O) groups is 1. The van der Waals surface area contributed by atoms with Gasteiger partial charge in [-0.15, -0.1) is 12.4 Å². The van der Waals surface area contributed by atoms with E-state index in [1.54, 1.807) is 0 Å². The summed E-state index contributed by atoms with van der Waals surface area (Å²) in [4.78, 5) is 11.9. The summed E-state index contributed by atoms with van der Waals surface area (Å²) in [6, 6.07) is 15.3. The van der Waals surface area contributed by atoms with E-state index < -0.39 is 0 Å². The third-order valence-electron chi connectivity index (χ3n) is 3.24. The zero-order chi connectivity index (χ0) is 15.8. The van der Waals surface area contributed by atoms with Gasteiger partial charge in [-0.25, -0.2) is 0 Å². The number of hydrogen-bond donors (Lipinski definition) is 2. The molecule has 2 aromatic carbocycles. The molecule has 0 aliphatic heterocycles. The molecular formula is C18H23ClN2O2. The van der Waals surface area contributed by atoms with Gasteiger partial charge in [0.1, 0.15) is 5.75 Å². The average molecular weight is 335 g/mol. The lowest BCUT2D eigenvalue weighted by Crippen LogP contribution is -2.15. The van der Waals surface area contributed by atoms with Crippen molar-refractivity contribution in [3.63, 3.8) is 0 Å². The summed E-state index contributed by atoms with van der Waals surface area (Å²) in [7, 11) is 1.88. The van der Waals surface area contributed by atoms with Gasteiger partial charge >= 0.3 is 0 Å². The third kappa shape index (κ3) is 6.30. The second kappa shape index (κ2) is 9.87. The molecule has 2 N–H and O–H groups in total. The van der Waals surface area contributed by atoms with Crippen molar-refractivity contribution in [3.05, 3.63) is 54.1 Å². The Kier molecular flexibility index (Phi) is 8.16.